The molecule has 1 saturated carbocycles. The monoisotopic (exact) mass is 337 g/mol. The summed E-state index contributed by atoms with van der Waals surface area (Å²) in [7, 11) is 0. The molecule has 0 unspecified atom stereocenters. The molecule has 122 valence electrons. The van der Waals surface area contributed by atoms with Gasteiger partial charge in [0.2, 0.25) is 0 Å². The van der Waals surface area contributed by atoms with Crippen LogP contribution in [0.1, 0.15) is 50.9 Å². The zero-order chi connectivity index (χ0) is 16.9. The molecule has 5 nitrogen and oxygen atoms in total. The van der Waals surface area contributed by atoms with Crippen LogP contribution in [-0.2, 0) is 6.42 Å². The van der Waals surface area contributed by atoms with Gasteiger partial charge in [0.25, 0.3) is 0 Å². The molecule has 0 bridgehead atoms. The van der Waals surface area contributed by atoms with Crippen LogP contribution in [0.3, 0.4) is 0 Å². The minimum absolute atomic E-state index is 0.373. The van der Waals surface area contributed by atoms with Gasteiger partial charge in [0, 0.05) is 13.0 Å². The van der Waals surface area contributed by atoms with Crippen LogP contribution in [0.5, 0.6) is 0 Å². The Morgan fingerprint density at radius 3 is 2.71 bits per heavy atom. The van der Waals surface area contributed by atoms with Gasteiger partial charge in [0.15, 0.2) is 0 Å². The number of hydrogen-bond acceptors (Lipinski definition) is 5. The standard InChI is InChI=1S/C16H16N4S.C2H3N/c17-8-6-14-19-13-10-18-12-7-9-21-16(12)15(13)20(14)11-4-2-1-3-5-11;1-2-3/h7,9-11H,1-6H2;1H3. The molecule has 0 saturated heterocycles. The summed E-state index contributed by atoms with van der Waals surface area (Å²) in [6, 6.07) is 6.56. The Balaban J connectivity index is 0.000000526. The number of nitriles is 2. The molecule has 0 aliphatic heterocycles. The van der Waals surface area contributed by atoms with Gasteiger partial charge in [-0.05, 0) is 24.3 Å². The molecular weight excluding hydrogens is 318 g/mol. The zero-order valence-electron chi connectivity index (χ0n) is 13.7. The summed E-state index contributed by atoms with van der Waals surface area (Å²) in [5.41, 5.74) is 3.15. The number of thiophene rings is 1. The Kier molecular flexibility index (Phi) is 5.08. The normalized spacial score (nSPS) is 14.8. The van der Waals surface area contributed by atoms with Gasteiger partial charge in [-0.2, -0.15) is 10.5 Å². The van der Waals surface area contributed by atoms with Gasteiger partial charge in [0.1, 0.15) is 11.3 Å². The number of fused-ring (bicyclic) bond motifs is 3. The largest absolute Gasteiger partial charge is 0.323 e. The summed E-state index contributed by atoms with van der Waals surface area (Å²) in [6.07, 6.45) is 8.48. The fourth-order valence-corrected chi connectivity index (χ4v) is 4.34. The molecule has 0 atom stereocenters. The molecule has 3 aromatic rings. The van der Waals surface area contributed by atoms with E-state index in [1.165, 1.54) is 49.2 Å². The van der Waals surface area contributed by atoms with Crippen LogP contribution in [0, 0.1) is 22.7 Å². The van der Waals surface area contributed by atoms with E-state index in [1.807, 2.05) is 6.20 Å². The highest BCUT2D eigenvalue weighted by molar-refractivity contribution is 7.18. The second kappa shape index (κ2) is 7.42. The third kappa shape index (κ3) is 2.98. The zero-order valence-corrected chi connectivity index (χ0v) is 14.5. The second-order valence-electron chi connectivity index (χ2n) is 5.88. The van der Waals surface area contributed by atoms with E-state index >= 15 is 0 Å². The number of hydrogen-bond donors (Lipinski definition) is 0. The summed E-state index contributed by atoms with van der Waals surface area (Å²) < 4.78 is 3.55. The molecule has 0 spiro atoms. The minimum Gasteiger partial charge on any atom is -0.323 e. The summed E-state index contributed by atoms with van der Waals surface area (Å²) >= 11 is 1.72. The maximum atomic E-state index is 9.12. The van der Waals surface area contributed by atoms with Gasteiger partial charge in [-0.1, -0.05) is 19.3 Å². The number of rotatable bonds is 2. The third-order valence-electron chi connectivity index (χ3n) is 4.37. The van der Waals surface area contributed by atoms with Gasteiger partial charge >= 0.3 is 0 Å². The third-order valence-corrected chi connectivity index (χ3v) is 5.28. The molecule has 3 heterocycles. The van der Waals surface area contributed by atoms with Gasteiger partial charge < -0.3 is 4.57 Å². The summed E-state index contributed by atoms with van der Waals surface area (Å²) in [6.45, 7) is 1.43. The lowest BCUT2D eigenvalue weighted by Crippen LogP contribution is -2.15. The van der Waals surface area contributed by atoms with Crippen molar-refractivity contribution in [3.05, 3.63) is 23.5 Å². The van der Waals surface area contributed by atoms with Crippen LogP contribution in [0.15, 0.2) is 17.6 Å². The second-order valence-corrected chi connectivity index (χ2v) is 6.79. The highest BCUT2D eigenvalue weighted by atomic mass is 32.1. The molecule has 0 N–H and O–H groups in total. The molecule has 24 heavy (non-hydrogen) atoms. The van der Waals surface area contributed by atoms with E-state index < -0.39 is 0 Å². The van der Waals surface area contributed by atoms with E-state index in [0.29, 0.717) is 12.5 Å². The SMILES string of the molecule is CC#N.N#CCc1nc2cnc3ccsc3c2n1C1CCCCC1. The van der Waals surface area contributed by atoms with Gasteiger partial charge in [-0.3, -0.25) is 4.98 Å². The average molecular weight is 337 g/mol. The van der Waals surface area contributed by atoms with Gasteiger partial charge in [0.05, 0.1) is 40.5 Å². The first kappa shape index (κ1) is 16.4. The van der Waals surface area contributed by atoms with E-state index in [9.17, 15) is 0 Å². The minimum atomic E-state index is 0.373. The van der Waals surface area contributed by atoms with Crippen molar-refractivity contribution in [2.75, 3.05) is 0 Å². The van der Waals surface area contributed by atoms with E-state index in [1.54, 1.807) is 17.4 Å². The van der Waals surface area contributed by atoms with E-state index in [4.69, 9.17) is 15.5 Å². The van der Waals surface area contributed by atoms with Crippen LogP contribution >= 0.6 is 11.3 Å². The quantitative estimate of drug-likeness (QED) is 0.676. The highest BCUT2D eigenvalue weighted by Crippen LogP contribution is 2.36. The molecule has 0 amide bonds. The molecule has 1 aliphatic carbocycles. The number of nitrogens with zero attached hydrogens (tertiary/aromatic N) is 5. The Labute approximate surface area is 145 Å². The van der Waals surface area contributed by atoms with Gasteiger partial charge in [-0.15, -0.1) is 11.3 Å². The van der Waals surface area contributed by atoms with Gasteiger partial charge in [-0.25, -0.2) is 4.98 Å². The molecular formula is C18H19N5S. The van der Waals surface area contributed by atoms with Crippen molar-refractivity contribution in [1.82, 2.24) is 14.5 Å². The Bertz CT molecular complexity index is 919. The topological polar surface area (TPSA) is 78.3 Å². The lowest BCUT2D eigenvalue weighted by Gasteiger charge is -2.25. The van der Waals surface area contributed by atoms with Crippen LogP contribution in [0.2, 0.25) is 0 Å². The predicted molar refractivity (Wildman–Crippen MR) is 95.6 cm³/mol. The van der Waals surface area contributed by atoms with E-state index in [-0.39, 0.29) is 0 Å². The molecule has 6 heteroatoms. The maximum Gasteiger partial charge on any atom is 0.124 e. The first-order valence-electron chi connectivity index (χ1n) is 8.21. The molecule has 1 aliphatic rings. The average Bonchev–Trinajstić information content (AvgIpc) is 3.20. The van der Waals surface area contributed by atoms with Crippen molar-refractivity contribution >= 4 is 32.6 Å². The fourth-order valence-electron chi connectivity index (χ4n) is 3.45. The number of pyridine rings is 1. The first-order chi connectivity index (χ1) is 11.8. The summed E-state index contributed by atoms with van der Waals surface area (Å²) in [5.74, 6) is 0.905. The highest BCUT2D eigenvalue weighted by Gasteiger charge is 2.23. The first-order valence-corrected chi connectivity index (χ1v) is 9.09. The van der Waals surface area contributed by atoms with Crippen LogP contribution in [0.4, 0.5) is 0 Å². The molecule has 3 aromatic heterocycles. The molecule has 1 fully saturated rings. The molecule has 0 aromatic carbocycles. The van der Waals surface area contributed by atoms with E-state index in [0.717, 1.165) is 16.9 Å². The lowest BCUT2D eigenvalue weighted by atomic mass is 9.95. The van der Waals surface area contributed by atoms with Crippen molar-refractivity contribution in [1.29, 1.82) is 10.5 Å². The predicted octanol–water partition coefficient (Wildman–Crippen LogP) is 4.75. The van der Waals surface area contributed by atoms with Crippen molar-refractivity contribution in [2.24, 2.45) is 0 Å². The lowest BCUT2D eigenvalue weighted by molar-refractivity contribution is 0.354. The van der Waals surface area contributed by atoms with Crippen LogP contribution in [0.25, 0.3) is 21.3 Å². The molecule has 4 rings (SSSR count). The van der Waals surface area contributed by atoms with Crippen molar-refractivity contribution in [3.63, 3.8) is 0 Å². The number of aromatic nitrogens is 3. The summed E-state index contributed by atoms with van der Waals surface area (Å²) in [5, 5.41) is 18.5. The van der Waals surface area contributed by atoms with Crippen molar-refractivity contribution in [3.8, 4) is 12.1 Å². The van der Waals surface area contributed by atoms with Crippen molar-refractivity contribution < 1.29 is 0 Å². The molecule has 0 radical (unpaired) electrons. The van der Waals surface area contributed by atoms with E-state index in [2.05, 4.69) is 27.1 Å². The Morgan fingerprint density at radius 1 is 1.25 bits per heavy atom. The van der Waals surface area contributed by atoms with Crippen LogP contribution in [-0.4, -0.2) is 14.5 Å². The number of imidazole rings is 1. The van der Waals surface area contributed by atoms with Crippen LogP contribution < -0.4 is 0 Å². The summed E-state index contributed by atoms with van der Waals surface area (Å²) in [4.78, 5) is 9.17. The fraction of sp³-hybridized carbons (Fsp3) is 0.444. The smallest absolute Gasteiger partial charge is 0.124 e. The van der Waals surface area contributed by atoms with Crippen molar-refractivity contribution in [2.45, 2.75) is 51.5 Å². The maximum absolute atomic E-state index is 9.12. The Morgan fingerprint density at radius 2 is 2.00 bits per heavy atom. The Hall–Kier alpha value is -2.44.